The molecule has 0 radical (unpaired) electrons. The molecule has 0 N–H and O–H groups in total. The lowest BCUT2D eigenvalue weighted by atomic mass is 9.96. The molecule has 0 fully saturated rings. The Morgan fingerprint density at radius 3 is 2.90 bits per heavy atom. The van der Waals surface area contributed by atoms with Crippen molar-refractivity contribution in [3.8, 4) is 0 Å². The number of rotatable bonds is 4. The maximum absolute atomic E-state index is 11.8. The Hall–Kier alpha value is -2.46. The molecule has 1 aromatic carbocycles. The average molecular weight is 273 g/mol. The molecule has 0 bridgehead atoms. The van der Waals surface area contributed by atoms with Crippen molar-refractivity contribution in [1.29, 1.82) is 0 Å². The molecule has 0 saturated heterocycles. The highest BCUT2D eigenvalue weighted by Crippen LogP contribution is 2.22. The Labute approximate surface area is 116 Å². The summed E-state index contributed by atoms with van der Waals surface area (Å²) >= 11 is 0. The van der Waals surface area contributed by atoms with Crippen LogP contribution in [-0.2, 0) is 9.47 Å². The number of benzene rings is 1. The molecule has 104 valence electrons. The summed E-state index contributed by atoms with van der Waals surface area (Å²) < 4.78 is 10.6. The van der Waals surface area contributed by atoms with Crippen LogP contribution >= 0.6 is 0 Å². The van der Waals surface area contributed by atoms with Crippen molar-refractivity contribution in [1.82, 2.24) is 0 Å². The van der Waals surface area contributed by atoms with E-state index in [0.29, 0.717) is 5.56 Å². The summed E-state index contributed by atoms with van der Waals surface area (Å²) in [6.07, 6.45) is 2.91. The smallest absolute Gasteiger partial charge is 0.338 e. The van der Waals surface area contributed by atoms with Gasteiger partial charge in [-0.25, -0.2) is 4.79 Å². The highest BCUT2D eigenvalue weighted by Gasteiger charge is 2.30. The molecule has 6 nitrogen and oxygen atoms in total. The highest BCUT2D eigenvalue weighted by atomic mass is 16.6. The Kier molecular flexibility index (Phi) is 4.63. The van der Waals surface area contributed by atoms with Gasteiger partial charge in [0.05, 0.1) is 17.9 Å². The third-order valence-electron chi connectivity index (χ3n) is 3.13. The zero-order chi connectivity index (χ0) is 14.4. The fourth-order valence-corrected chi connectivity index (χ4v) is 2.00. The second-order valence-electron chi connectivity index (χ2n) is 4.52. The second kappa shape index (κ2) is 6.63. The number of hydrogen-bond acceptors (Lipinski definition) is 4. The lowest BCUT2D eigenvalue weighted by Crippen LogP contribution is -2.37. The first kappa shape index (κ1) is 14.0. The molecule has 0 aliphatic carbocycles. The number of nitrogens with zero attached hydrogens (tertiary/aromatic N) is 3. The largest absolute Gasteiger partial charge is 0.494 e. The van der Waals surface area contributed by atoms with Crippen molar-refractivity contribution < 1.29 is 14.3 Å². The van der Waals surface area contributed by atoms with Gasteiger partial charge in [-0.15, -0.1) is 0 Å². The van der Waals surface area contributed by atoms with E-state index in [0.717, 1.165) is 0 Å². The summed E-state index contributed by atoms with van der Waals surface area (Å²) in [5.74, 6) is -0.379. The summed E-state index contributed by atoms with van der Waals surface area (Å²) in [6, 6.07) is 8.33. The highest BCUT2D eigenvalue weighted by molar-refractivity contribution is 5.89. The van der Waals surface area contributed by atoms with Gasteiger partial charge in [-0.3, -0.25) is 0 Å². The number of carbonyl (C=O) groups is 1. The van der Waals surface area contributed by atoms with Crippen LogP contribution in [0.15, 0.2) is 47.8 Å². The van der Waals surface area contributed by atoms with Gasteiger partial charge in [-0.05, 0) is 29.7 Å². The Morgan fingerprint density at radius 2 is 2.20 bits per heavy atom. The normalized spacial score (nSPS) is 24.4. The van der Waals surface area contributed by atoms with Crippen molar-refractivity contribution >= 4 is 5.97 Å². The molecule has 3 atom stereocenters. The minimum Gasteiger partial charge on any atom is -0.494 e. The molecular formula is C14H15N3O3. The van der Waals surface area contributed by atoms with Gasteiger partial charge in [0.15, 0.2) is 0 Å². The summed E-state index contributed by atoms with van der Waals surface area (Å²) in [4.78, 5) is 14.7. The Morgan fingerprint density at radius 1 is 1.45 bits per heavy atom. The molecule has 20 heavy (non-hydrogen) atoms. The molecule has 1 heterocycles. The Bertz CT molecular complexity index is 538. The third kappa shape index (κ3) is 3.30. The van der Waals surface area contributed by atoms with E-state index in [2.05, 4.69) is 10.0 Å². The second-order valence-corrected chi connectivity index (χ2v) is 4.52. The molecule has 0 saturated carbocycles. The van der Waals surface area contributed by atoms with Gasteiger partial charge in [-0.2, -0.15) is 0 Å². The molecule has 0 aromatic heterocycles. The van der Waals surface area contributed by atoms with Crippen LogP contribution in [0.5, 0.6) is 0 Å². The van der Waals surface area contributed by atoms with Crippen molar-refractivity contribution in [2.75, 3.05) is 6.61 Å². The van der Waals surface area contributed by atoms with Crippen LogP contribution in [0.2, 0.25) is 0 Å². The van der Waals surface area contributed by atoms with E-state index < -0.39 is 12.1 Å². The SMILES string of the molecule is C[C@@H]1C=COC(COC(=O)c2ccccc2)[C@@H]1N=[N+]=[N-]. The minimum absolute atomic E-state index is 0.0417. The van der Waals surface area contributed by atoms with Gasteiger partial charge < -0.3 is 9.47 Å². The van der Waals surface area contributed by atoms with Crippen LogP contribution in [0, 0.1) is 5.92 Å². The number of ether oxygens (including phenoxy) is 2. The van der Waals surface area contributed by atoms with Gasteiger partial charge in [0.25, 0.3) is 0 Å². The van der Waals surface area contributed by atoms with Crippen LogP contribution in [0.3, 0.4) is 0 Å². The third-order valence-corrected chi connectivity index (χ3v) is 3.13. The molecule has 1 unspecified atom stereocenters. The summed E-state index contributed by atoms with van der Waals surface area (Å²) in [5, 5.41) is 3.71. The molecule has 1 aromatic rings. The van der Waals surface area contributed by atoms with Crippen LogP contribution in [0.25, 0.3) is 10.4 Å². The van der Waals surface area contributed by atoms with E-state index in [9.17, 15) is 4.79 Å². The molecular weight excluding hydrogens is 258 g/mol. The monoisotopic (exact) mass is 273 g/mol. The molecule has 6 heteroatoms. The van der Waals surface area contributed by atoms with Crippen LogP contribution in [0.4, 0.5) is 0 Å². The fraction of sp³-hybridized carbons (Fsp3) is 0.357. The zero-order valence-corrected chi connectivity index (χ0v) is 11.0. The number of carbonyl (C=O) groups excluding carboxylic acids is 1. The topological polar surface area (TPSA) is 84.3 Å². The van der Waals surface area contributed by atoms with Gasteiger partial charge in [-0.1, -0.05) is 30.2 Å². The Balaban J connectivity index is 1.97. The molecule has 0 amide bonds. The first-order chi connectivity index (χ1) is 9.72. The van der Waals surface area contributed by atoms with Crippen molar-refractivity contribution in [3.05, 3.63) is 58.7 Å². The zero-order valence-electron chi connectivity index (χ0n) is 11.0. The molecule has 0 spiro atoms. The van der Waals surface area contributed by atoms with E-state index in [1.807, 2.05) is 19.1 Å². The maximum atomic E-state index is 11.8. The van der Waals surface area contributed by atoms with Crippen LogP contribution < -0.4 is 0 Å². The number of esters is 1. The molecule has 1 aliphatic rings. The first-order valence-electron chi connectivity index (χ1n) is 6.31. The van der Waals surface area contributed by atoms with Gasteiger partial charge in [0, 0.05) is 4.91 Å². The lowest BCUT2D eigenvalue weighted by molar-refractivity contribution is 0.00470. The molecule has 2 rings (SSSR count). The fourth-order valence-electron chi connectivity index (χ4n) is 2.00. The predicted octanol–water partition coefficient (Wildman–Crippen LogP) is 3.07. The van der Waals surface area contributed by atoms with Crippen molar-refractivity contribution in [2.45, 2.75) is 19.1 Å². The number of hydrogen-bond donors (Lipinski definition) is 0. The van der Waals surface area contributed by atoms with E-state index in [1.165, 1.54) is 0 Å². The summed E-state index contributed by atoms with van der Waals surface area (Å²) in [6.45, 7) is 1.97. The van der Waals surface area contributed by atoms with Crippen molar-refractivity contribution in [2.24, 2.45) is 11.0 Å². The van der Waals surface area contributed by atoms with Crippen LogP contribution in [-0.4, -0.2) is 24.7 Å². The van der Waals surface area contributed by atoms with Gasteiger partial charge >= 0.3 is 5.97 Å². The lowest BCUT2D eigenvalue weighted by Gasteiger charge is -2.29. The van der Waals surface area contributed by atoms with Gasteiger partial charge in [0.2, 0.25) is 0 Å². The predicted molar refractivity (Wildman–Crippen MR) is 72.8 cm³/mol. The summed E-state index contributed by atoms with van der Waals surface area (Å²) in [7, 11) is 0. The van der Waals surface area contributed by atoms with Crippen molar-refractivity contribution in [3.63, 3.8) is 0 Å². The van der Waals surface area contributed by atoms with E-state index >= 15 is 0 Å². The minimum atomic E-state index is -0.460. The van der Waals surface area contributed by atoms with E-state index in [-0.39, 0.29) is 18.6 Å². The van der Waals surface area contributed by atoms with E-state index in [4.69, 9.17) is 15.0 Å². The van der Waals surface area contributed by atoms with Crippen LogP contribution in [0.1, 0.15) is 17.3 Å². The summed E-state index contributed by atoms with van der Waals surface area (Å²) in [5.41, 5.74) is 9.06. The average Bonchev–Trinajstić information content (AvgIpc) is 2.48. The van der Waals surface area contributed by atoms with Gasteiger partial charge in [0.1, 0.15) is 12.7 Å². The maximum Gasteiger partial charge on any atom is 0.338 e. The number of azide groups is 1. The van der Waals surface area contributed by atoms with E-state index in [1.54, 1.807) is 30.5 Å². The molecule has 1 aliphatic heterocycles. The first-order valence-corrected chi connectivity index (χ1v) is 6.31. The quantitative estimate of drug-likeness (QED) is 0.365. The standard InChI is InChI=1S/C14H15N3O3/c1-10-7-8-19-12(13(10)16-17-15)9-20-14(18)11-5-3-2-4-6-11/h2-8,10,12-13H,9H2,1H3/t10-,12?,13-/m1/s1.